The Morgan fingerprint density at radius 3 is 2.49 bits per heavy atom. The third-order valence-electron chi connectivity index (χ3n) is 6.25. The van der Waals surface area contributed by atoms with Gasteiger partial charge in [0.05, 0.1) is 12.0 Å². The van der Waals surface area contributed by atoms with Gasteiger partial charge in [0, 0.05) is 54.3 Å². The summed E-state index contributed by atoms with van der Waals surface area (Å²) in [7, 11) is 5.21. The van der Waals surface area contributed by atoms with Gasteiger partial charge in [-0.1, -0.05) is 12.1 Å². The highest BCUT2D eigenvalue weighted by Gasteiger charge is 2.26. The predicted molar refractivity (Wildman–Crippen MR) is 151 cm³/mol. The van der Waals surface area contributed by atoms with Crippen LogP contribution in [0.5, 0.6) is 5.88 Å². The molecule has 194 valence electrons. The third-order valence-corrected chi connectivity index (χ3v) is 8.56. The van der Waals surface area contributed by atoms with Crippen LogP contribution in [0.25, 0.3) is 11.1 Å². The number of nitrogens with zero attached hydrogens (tertiary/aromatic N) is 4. The molecule has 0 unspecified atom stereocenters. The van der Waals surface area contributed by atoms with Crippen LogP contribution in [0.4, 0.5) is 10.7 Å². The van der Waals surface area contributed by atoms with E-state index in [-0.39, 0.29) is 17.7 Å². The van der Waals surface area contributed by atoms with Gasteiger partial charge < -0.3 is 15.0 Å². The minimum Gasteiger partial charge on any atom is -0.481 e. The molecule has 10 heteroatoms. The normalized spacial score (nSPS) is 14.2. The summed E-state index contributed by atoms with van der Waals surface area (Å²) >= 11 is 2.99. The molecule has 1 fully saturated rings. The average Bonchev–Trinajstić information content (AvgIpc) is 3.36. The van der Waals surface area contributed by atoms with Crippen LogP contribution in [0.2, 0.25) is 0 Å². The quantitative estimate of drug-likeness (QED) is 0.296. The summed E-state index contributed by atoms with van der Waals surface area (Å²) in [5.41, 5.74) is 2.67. The fraction of sp³-hybridized carbons (Fsp3) is 0.333. The van der Waals surface area contributed by atoms with Crippen LogP contribution in [0.3, 0.4) is 0 Å². The van der Waals surface area contributed by atoms with Crippen LogP contribution >= 0.6 is 23.1 Å². The first kappa shape index (κ1) is 26.8. The number of thiophene rings is 1. The van der Waals surface area contributed by atoms with Crippen LogP contribution in [0.15, 0.2) is 58.5 Å². The van der Waals surface area contributed by atoms with Crippen molar-refractivity contribution in [3.8, 4) is 17.0 Å². The smallest absolute Gasteiger partial charge is 0.265 e. The molecule has 3 aromatic rings. The van der Waals surface area contributed by atoms with E-state index < -0.39 is 0 Å². The Morgan fingerprint density at radius 2 is 1.89 bits per heavy atom. The molecule has 37 heavy (non-hydrogen) atoms. The molecule has 0 aliphatic carbocycles. The number of nitrogens with one attached hydrogen (secondary N) is 1. The van der Waals surface area contributed by atoms with Crippen LogP contribution in [0.1, 0.15) is 22.5 Å². The molecule has 2 amide bonds. The van der Waals surface area contributed by atoms with Crippen molar-refractivity contribution in [1.29, 1.82) is 0 Å². The van der Waals surface area contributed by atoms with Gasteiger partial charge in [-0.3, -0.25) is 19.5 Å². The Balaban J connectivity index is 1.33. The van der Waals surface area contributed by atoms with Gasteiger partial charge in [-0.25, -0.2) is 4.98 Å². The van der Waals surface area contributed by atoms with Gasteiger partial charge in [-0.15, -0.1) is 23.1 Å². The zero-order chi connectivity index (χ0) is 26.4. The zero-order valence-corrected chi connectivity index (χ0v) is 22.9. The van der Waals surface area contributed by atoms with Crippen LogP contribution in [-0.4, -0.2) is 73.5 Å². The lowest BCUT2D eigenvalue weighted by Crippen LogP contribution is -2.39. The van der Waals surface area contributed by atoms with Gasteiger partial charge in [0.25, 0.3) is 5.91 Å². The van der Waals surface area contributed by atoms with Crippen molar-refractivity contribution in [1.82, 2.24) is 14.8 Å². The standard InChI is InChI=1S/C27H31N5O3S2/c1-28-26-23(36-17-32-13-11-19(12-14-32)27(34)31(2)3)15-22(37-26)25(33)30-21-8-5-18(6-9-21)20-7-10-24(35-4)29-16-20/h5-10,15-16,19H,1,11-14,17H2,2-4H3,(H,30,33). The molecule has 0 radical (unpaired) electrons. The van der Waals surface area contributed by atoms with Gasteiger partial charge in [0.2, 0.25) is 11.8 Å². The number of ether oxygens (including phenoxy) is 1. The number of piperidine rings is 1. The number of hydrogen-bond donors (Lipinski definition) is 1. The molecule has 1 aliphatic heterocycles. The number of hydrogen-bond acceptors (Lipinski definition) is 8. The van der Waals surface area contributed by atoms with Gasteiger partial charge in [-0.2, -0.15) is 0 Å². The molecule has 2 aromatic heterocycles. The number of anilines is 1. The third kappa shape index (κ3) is 6.76. The minimum atomic E-state index is -0.177. The molecule has 0 saturated carbocycles. The van der Waals surface area contributed by atoms with E-state index in [2.05, 4.69) is 26.9 Å². The van der Waals surface area contributed by atoms with E-state index in [0.717, 1.165) is 52.8 Å². The lowest BCUT2D eigenvalue weighted by Gasteiger charge is -2.32. The number of likely N-dealkylation sites (tertiary alicyclic amines) is 1. The predicted octanol–water partition coefficient (Wildman–Crippen LogP) is 5.25. The van der Waals surface area contributed by atoms with Crippen molar-refractivity contribution in [2.45, 2.75) is 17.7 Å². The Hall–Kier alpha value is -3.21. The molecule has 8 nitrogen and oxygen atoms in total. The Bertz CT molecular complexity index is 1230. The van der Waals surface area contributed by atoms with E-state index in [1.165, 1.54) is 11.3 Å². The highest BCUT2D eigenvalue weighted by atomic mass is 32.2. The van der Waals surface area contributed by atoms with E-state index in [1.807, 2.05) is 56.6 Å². The van der Waals surface area contributed by atoms with Gasteiger partial charge in [0.15, 0.2) is 0 Å². The molecule has 0 atom stereocenters. The number of carbonyl (C=O) groups excluding carboxylic acids is 2. The zero-order valence-electron chi connectivity index (χ0n) is 21.3. The minimum absolute atomic E-state index is 0.111. The second-order valence-electron chi connectivity index (χ2n) is 8.96. The summed E-state index contributed by atoms with van der Waals surface area (Å²) in [6, 6.07) is 13.3. The van der Waals surface area contributed by atoms with Crippen molar-refractivity contribution in [2.24, 2.45) is 10.9 Å². The number of benzene rings is 1. The second-order valence-corrected chi connectivity index (χ2v) is 11.0. The van der Waals surface area contributed by atoms with Gasteiger partial charge in [-0.05, 0) is 62.5 Å². The van der Waals surface area contributed by atoms with Crippen molar-refractivity contribution in [2.75, 3.05) is 45.5 Å². The van der Waals surface area contributed by atoms with Crippen molar-refractivity contribution in [3.63, 3.8) is 0 Å². The van der Waals surface area contributed by atoms with E-state index in [1.54, 1.807) is 30.0 Å². The monoisotopic (exact) mass is 537 g/mol. The highest BCUT2D eigenvalue weighted by Crippen LogP contribution is 2.39. The number of carbonyl (C=O) groups is 2. The lowest BCUT2D eigenvalue weighted by atomic mass is 9.96. The molecular weight excluding hydrogens is 506 g/mol. The number of pyridine rings is 1. The number of methoxy groups -OCH3 is 1. The van der Waals surface area contributed by atoms with Crippen LogP contribution in [-0.2, 0) is 4.79 Å². The van der Waals surface area contributed by atoms with Crippen molar-refractivity contribution >= 4 is 52.3 Å². The second kappa shape index (κ2) is 12.4. The summed E-state index contributed by atoms with van der Waals surface area (Å²) in [4.78, 5) is 39.1. The maximum absolute atomic E-state index is 12.9. The molecule has 4 rings (SSSR count). The molecule has 0 bridgehead atoms. The number of aromatic nitrogens is 1. The number of thioether (sulfide) groups is 1. The number of aliphatic imine (C=N–C) groups is 1. The Labute approximate surface area is 225 Å². The van der Waals surface area contributed by atoms with Crippen LogP contribution < -0.4 is 10.1 Å². The first-order valence-electron chi connectivity index (χ1n) is 12.0. The Morgan fingerprint density at radius 1 is 1.19 bits per heavy atom. The number of amides is 2. The lowest BCUT2D eigenvalue weighted by molar-refractivity contribution is -0.134. The average molecular weight is 538 g/mol. The van der Waals surface area contributed by atoms with E-state index in [9.17, 15) is 9.59 Å². The molecule has 1 aliphatic rings. The van der Waals surface area contributed by atoms with E-state index >= 15 is 0 Å². The largest absolute Gasteiger partial charge is 0.481 e. The van der Waals surface area contributed by atoms with Crippen LogP contribution in [0, 0.1) is 5.92 Å². The van der Waals surface area contributed by atoms with Gasteiger partial charge >= 0.3 is 0 Å². The first-order chi connectivity index (χ1) is 17.9. The maximum Gasteiger partial charge on any atom is 0.265 e. The molecule has 0 spiro atoms. The summed E-state index contributed by atoms with van der Waals surface area (Å²) in [6.07, 6.45) is 3.50. The van der Waals surface area contributed by atoms with E-state index in [0.29, 0.717) is 16.4 Å². The van der Waals surface area contributed by atoms with E-state index in [4.69, 9.17) is 4.74 Å². The molecule has 1 N–H and O–H groups in total. The highest BCUT2D eigenvalue weighted by molar-refractivity contribution is 7.99. The topological polar surface area (TPSA) is 87.1 Å². The summed E-state index contributed by atoms with van der Waals surface area (Å²) in [6.45, 7) is 5.45. The number of rotatable bonds is 9. The fourth-order valence-electron chi connectivity index (χ4n) is 4.14. The van der Waals surface area contributed by atoms with Gasteiger partial charge in [0.1, 0.15) is 5.00 Å². The van der Waals surface area contributed by atoms with Crippen molar-refractivity contribution in [3.05, 3.63) is 53.5 Å². The molecule has 1 aromatic carbocycles. The fourth-order valence-corrected chi connectivity index (χ4v) is 6.23. The summed E-state index contributed by atoms with van der Waals surface area (Å²) in [5.74, 6) is 1.50. The SMILES string of the molecule is C=Nc1sc(C(=O)Nc2ccc(-c3ccc(OC)nc3)cc2)cc1SCN1CCC(C(=O)N(C)C)CC1. The summed E-state index contributed by atoms with van der Waals surface area (Å²) in [5, 5.41) is 3.71. The summed E-state index contributed by atoms with van der Waals surface area (Å²) < 4.78 is 5.11. The molecule has 3 heterocycles. The molecular formula is C27H31N5O3S2. The first-order valence-corrected chi connectivity index (χ1v) is 13.8. The van der Waals surface area contributed by atoms with Crippen molar-refractivity contribution < 1.29 is 14.3 Å². The Kier molecular flexibility index (Phi) is 8.96. The maximum atomic E-state index is 12.9. The molecule has 1 saturated heterocycles.